The highest BCUT2D eigenvalue weighted by molar-refractivity contribution is 7.86. The SMILES string of the molecule is CS(=O)(=O)O[C@@H]1C[C@@H](COCCO)N(C(=O)OCc2ccc([N+](=O)[O-])cc2)C1. The Morgan fingerprint density at radius 1 is 1.36 bits per heavy atom. The molecule has 0 aromatic heterocycles. The largest absolute Gasteiger partial charge is 0.445 e. The van der Waals surface area contributed by atoms with Crippen molar-refractivity contribution in [2.45, 2.75) is 25.2 Å². The molecule has 1 fully saturated rings. The first kappa shape index (κ1) is 22.0. The second-order valence-electron chi connectivity index (χ2n) is 6.24. The van der Waals surface area contributed by atoms with Crippen molar-refractivity contribution >= 4 is 21.9 Å². The number of hydrogen-bond donors (Lipinski definition) is 1. The molecule has 2 rings (SSSR count). The van der Waals surface area contributed by atoms with Crippen LogP contribution < -0.4 is 0 Å². The Balaban J connectivity index is 1.97. The van der Waals surface area contributed by atoms with Crippen LogP contribution in [0.4, 0.5) is 10.5 Å². The molecule has 0 bridgehead atoms. The summed E-state index contributed by atoms with van der Waals surface area (Å²) in [6.07, 6.45) is -0.231. The zero-order valence-electron chi connectivity index (χ0n) is 15.2. The number of amides is 1. The molecule has 2 atom stereocenters. The molecule has 1 amide bonds. The highest BCUT2D eigenvalue weighted by Gasteiger charge is 2.38. The van der Waals surface area contributed by atoms with E-state index in [1.165, 1.54) is 29.2 Å². The van der Waals surface area contributed by atoms with Gasteiger partial charge in [0.25, 0.3) is 15.8 Å². The van der Waals surface area contributed by atoms with Gasteiger partial charge in [0.15, 0.2) is 0 Å². The van der Waals surface area contributed by atoms with Gasteiger partial charge in [-0.05, 0) is 24.1 Å². The number of rotatable bonds is 9. The molecule has 1 aromatic carbocycles. The minimum absolute atomic E-state index is 0.0132. The molecule has 12 heteroatoms. The zero-order chi connectivity index (χ0) is 20.7. The van der Waals surface area contributed by atoms with Gasteiger partial charge in [-0.25, -0.2) is 4.79 Å². The highest BCUT2D eigenvalue weighted by atomic mass is 32.2. The van der Waals surface area contributed by atoms with E-state index in [0.717, 1.165) is 6.26 Å². The van der Waals surface area contributed by atoms with Gasteiger partial charge < -0.3 is 19.5 Å². The van der Waals surface area contributed by atoms with Gasteiger partial charge in [-0.15, -0.1) is 0 Å². The standard InChI is InChI=1S/C16H22N2O9S/c1-28(23,24)27-15-8-14(11-25-7-6-19)17(9-15)16(20)26-10-12-2-4-13(5-3-12)18(21)22/h2-5,14-15,19H,6-11H2,1H3/t14-,15+/m0/s1. The van der Waals surface area contributed by atoms with Crippen LogP contribution in [0.1, 0.15) is 12.0 Å². The number of nitro groups is 1. The van der Waals surface area contributed by atoms with Gasteiger partial charge in [0.05, 0.1) is 49.7 Å². The molecule has 0 spiro atoms. The number of ether oxygens (including phenoxy) is 2. The molecule has 0 saturated carbocycles. The first-order chi connectivity index (χ1) is 13.2. The van der Waals surface area contributed by atoms with Crippen molar-refractivity contribution < 1.29 is 36.9 Å². The minimum atomic E-state index is -3.69. The number of nitro benzene ring substituents is 1. The average Bonchev–Trinajstić information content (AvgIpc) is 3.01. The summed E-state index contributed by atoms with van der Waals surface area (Å²) in [6.45, 7) is -0.0916. The molecule has 28 heavy (non-hydrogen) atoms. The van der Waals surface area contributed by atoms with Crippen LogP contribution in [0.15, 0.2) is 24.3 Å². The Bertz CT molecular complexity index is 782. The fourth-order valence-corrected chi connectivity index (χ4v) is 3.43. The number of benzene rings is 1. The number of likely N-dealkylation sites (tertiary alicyclic amines) is 1. The molecular formula is C16H22N2O9S. The topological polar surface area (TPSA) is 146 Å². The first-order valence-corrected chi connectivity index (χ1v) is 10.2. The van der Waals surface area contributed by atoms with Crippen molar-refractivity contribution in [1.29, 1.82) is 0 Å². The molecule has 1 aromatic rings. The van der Waals surface area contributed by atoms with Crippen molar-refractivity contribution in [1.82, 2.24) is 4.90 Å². The molecule has 0 aliphatic carbocycles. The third kappa shape index (κ3) is 6.71. The number of non-ortho nitro benzene ring substituents is 1. The lowest BCUT2D eigenvalue weighted by molar-refractivity contribution is -0.384. The van der Waals surface area contributed by atoms with E-state index < -0.39 is 33.3 Å². The Kier molecular flexibility index (Phi) is 7.69. The van der Waals surface area contributed by atoms with E-state index in [9.17, 15) is 23.3 Å². The van der Waals surface area contributed by atoms with Gasteiger partial charge in [-0.2, -0.15) is 8.42 Å². The van der Waals surface area contributed by atoms with Gasteiger partial charge >= 0.3 is 6.09 Å². The average molecular weight is 418 g/mol. The normalized spacial score (nSPS) is 19.6. The molecule has 0 radical (unpaired) electrons. The van der Waals surface area contributed by atoms with E-state index in [2.05, 4.69) is 0 Å². The maximum atomic E-state index is 12.4. The molecule has 156 valence electrons. The summed E-state index contributed by atoms with van der Waals surface area (Å²) in [5, 5.41) is 19.5. The first-order valence-electron chi connectivity index (χ1n) is 8.43. The van der Waals surface area contributed by atoms with E-state index in [1.54, 1.807) is 0 Å². The quantitative estimate of drug-likeness (QED) is 0.264. The van der Waals surface area contributed by atoms with Gasteiger partial charge in [0.1, 0.15) is 6.61 Å². The highest BCUT2D eigenvalue weighted by Crippen LogP contribution is 2.23. The lowest BCUT2D eigenvalue weighted by Crippen LogP contribution is -2.39. The van der Waals surface area contributed by atoms with Crippen LogP contribution in [0, 0.1) is 10.1 Å². The summed E-state index contributed by atoms with van der Waals surface area (Å²) < 4.78 is 38.2. The van der Waals surface area contributed by atoms with Crippen LogP contribution in [-0.4, -0.2) is 74.2 Å². The van der Waals surface area contributed by atoms with E-state index in [1.807, 2.05) is 0 Å². The summed E-state index contributed by atoms with van der Waals surface area (Å²) in [6, 6.07) is 5.10. The van der Waals surface area contributed by atoms with Gasteiger partial charge in [0.2, 0.25) is 0 Å². The van der Waals surface area contributed by atoms with Gasteiger partial charge in [-0.3, -0.25) is 14.3 Å². The van der Waals surface area contributed by atoms with E-state index >= 15 is 0 Å². The number of aliphatic hydroxyl groups excluding tert-OH is 1. The molecule has 1 heterocycles. The predicted molar refractivity (Wildman–Crippen MR) is 96.0 cm³/mol. The fourth-order valence-electron chi connectivity index (χ4n) is 2.80. The fraction of sp³-hybridized carbons (Fsp3) is 0.562. The maximum absolute atomic E-state index is 12.4. The number of carbonyl (C=O) groups excluding carboxylic acids is 1. The lowest BCUT2D eigenvalue weighted by atomic mass is 10.2. The van der Waals surface area contributed by atoms with Crippen LogP contribution >= 0.6 is 0 Å². The summed E-state index contributed by atoms with van der Waals surface area (Å²) >= 11 is 0. The predicted octanol–water partition coefficient (Wildman–Crippen LogP) is 0.659. The van der Waals surface area contributed by atoms with Crippen molar-refractivity contribution in [2.75, 3.05) is 32.6 Å². The Morgan fingerprint density at radius 2 is 2.04 bits per heavy atom. The number of nitrogens with zero attached hydrogens (tertiary/aromatic N) is 2. The van der Waals surface area contributed by atoms with Crippen LogP contribution in [-0.2, 0) is 30.4 Å². The monoisotopic (exact) mass is 418 g/mol. The molecular weight excluding hydrogens is 396 g/mol. The molecule has 1 aliphatic rings. The summed E-state index contributed by atoms with van der Waals surface area (Å²) in [4.78, 5) is 23.9. The Labute approximate surface area is 162 Å². The van der Waals surface area contributed by atoms with Crippen molar-refractivity contribution in [3.63, 3.8) is 0 Å². The Morgan fingerprint density at radius 3 is 2.61 bits per heavy atom. The molecule has 1 aliphatic heterocycles. The summed E-state index contributed by atoms with van der Waals surface area (Å²) in [5.41, 5.74) is 0.492. The van der Waals surface area contributed by atoms with Crippen LogP contribution in [0.3, 0.4) is 0 Å². The number of aliphatic hydroxyl groups is 1. The maximum Gasteiger partial charge on any atom is 0.410 e. The van der Waals surface area contributed by atoms with Crippen molar-refractivity contribution in [3.05, 3.63) is 39.9 Å². The molecule has 1 saturated heterocycles. The van der Waals surface area contributed by atoms with Crippen LogP contribution in [0.2, 0.25) is 0 Å². The van der Waals surface area contributed by atoms with E-state index in [0.29, 0.717) is 5.56 Å². The molecule has 1 N–H and O–H groups in total. The second kappa shape index (κ2) is 9.78. The Hall–Kier alpha value is -2.28. The lowest BCUT2D eigenvalue weighted by Gasteiger charge is -2.23. The zero-order valence-corrected chi connectivity index (χ0v) is 16.0. The van der Waals surface area contributed by atoms with Crippen molar-refractivity contribution in [2.24, 2.45) is 0 Å². The molecule has 11 nitrogen and oxygen atoms in total. The number of carbonyl (C=O) groups is 1. The van der Waals surface area contributed by atoms with E-state index in [4.69, 9.17) is 18.8 Å². The summed E-state index contributed by atoms with van der Waals surface area (Å²) in [7, 11) is -3.69. The molecule has 0 unspecified atom stereocenters. The summed E-state index contributed by atoms with van der Waals surface area (Å²) in [5.74, 6) is 0. The van der Waals surface area contributed by atoms with Gasteiger partial charge in [-0.1, -0.05) is 0 Å². The van der Waals surface area contributed by atoms with Gasteiger partial charge in [0, 0.05) is 12.1 Å². The third-order valence-corrected chi connectivity index (χ3v) is 4.60. The minimum Gasteiger partial charge on any atom is -0.445 e. The smallest absolute Gasteiger partial charge is 0.410 e. The van der Waals surface area contributed by atoms with E-state index in [-0.39, 0.29) is 45.1 Å². The third-order valence-electron chi connectivity index (χ3n) is 3.98. The van der Waals surface area contributed by atoms with Crippen LogP contribution in [0.25, 0.3) is 0 Å². The van der Waals surface area contributed by atoms with Crippen LogP contribution in [0.5, 0.6) is 0 Å². The second-order valence-corrected chi connectivity index (χ2v) is 7.84. The number of hydrogen-bond acceptors (Lipinski definition) is 9. The van der Waals surface area contributed by atoms with Crippen molar-refractivity contribution in [3.8, 4) is 0 Å².